The summed E-state index contributed by atoms with van der Waals surface area (Å²) < 4.78 is 0. The molecule has 0 atom stereocenters. The highest BCUT2D eigenvalue weighted by Crippen LogP contribution is 2.60. The van der Waals surface area contributed by atoms with Crippen molar-refractivity contribution in [1.29, 1.82) is 0 Å². The molecule has 1 amide bonds. The number of carbonyl (C=O) groups excluding carboxylic acids is 1. The van der Waals surface area contributed by atoms with E-state index in [1.807, 2.05) is 36.4 Å². The predicted molar refractivity (Wildman–Crippen MR) is 112 cm³/mol. The first-order valence-corrected chi connectivity index (χ1v) is 10.5. The number of anilines is 1. The SMILES string of the molecule is O=C(NNc1c2ccccc2nc2ccccc12)C12CC3CC(CC(C3)C1)C2. The van der Waals surface area contributed by atoms with Gasteiger partial charge in [0.2, 0.25) is 5.91 Å². The largest absolute Gasteiger partial charge is 0.297 e. The summed E-state index contributed by atoms with van der Waals surface area (Å²) in [5.41, 5.74) is 9.11. The normalized spacial score (nSPS) is 30.6. The van der Waals surface area contributed by atoms with Crippen molar-refractivity contribution in [1.82, 2.24) is 10.4 Å². The molecule has 4 aliphatic rings. The molecule has 4 aliphatic carbocycles. The van der Waals surface area contributed by atoms with Crippen molar-refractivity contribution in [3.8, 4) is 0 Å². The molecule has 0 aliphatic heterocycles. The third-order valence-corrected chi connectivity index (χ3v) is 7.41. The molecule has 0 spiro atoms. The van der Waals surface area contributed by atoms with E-state index in [-0.39, 0.29) is 11.3 Å². The van der Waals surface area contributed by atoms with Crippen molar-refractivity contribution < 1.29 is 4.79 Å². The Hall–Kier alpha value is -2.62. The second-order valence-corrected chi connectivity index (χ2v) is 9.30. The lowest BCUT2D eigenvalue weighted by Gasteiger charge is -2.55. The van der Waals surface area contributed by atoms with Crippen molar-refractivity contribution in [3.63, 3.8) is 0 Å². The molecule has 1 heterocycles. The molecule has 1 aromatic heterocycles. The standard InChI is InChI=1S/C24H25N3O/c28-23(24-12-15-9-16(13-24)11-17(10-15)14-24)27-26-22-18-5-1-3-7-20(18)25-21-8-4-2-6-19(21)22/h1-8,15-17H,9-14H2,(H,25,26)(H,27,28). The summed E-state index contributed by atoms with van der Waals surface area (Å²) in [6, 6.07) is 16.2. The molecule has 2 N–H and O–H groups in total. The van der Waals surface area contributed by atoms with Gasteiger partial charge in [-0.2, -0.15) is 0 Å². The summed E-state index contributed by atoms with van der Waals surface area (Å²) in [4.78, 5) is 18.1. The highest BCUT2D eigenvalue weighted by molar-refractivity contribution is 6.07. The van der Waals surface area contributed by atoms with Gasteiger partial charge < -0.3 is 0 Å². The number of rotatable bonds is 3. The van der Waals surface area contributed by atoms with Gasteiger partial charge in [-0.15, -0.1) is 0 Å². The average Bonchev–Trinajstić information content (AvgIpc) is 2.70. The lowest BCUT2D eigenvalue weighted by atomic mass is 9.49. The van der Waals surface area contributed by atoms with E-state index in [1.54, 1.807) is 0 Å². The number of pyridine rings is 1. The van der Waals surface area contributed by atoms with Crippen LogP contribution in [0.1, 0.15) is 38.5 Å². The van der Waals surface area contributed by atoms with Crippen LogP contribution in [-0.4, -0.2) is 10.9 Å². The molecule has 4 bridgehead atoms. The maximum absolute atomic E-state index is 13.4. The van der Waals surface area contributed by atoms with E-state index in [0.717, 1.165) is 64.5 Å². The predicted octanol–water partition coefficient (Wildman–Crippen LogP) is 5.05. The quantitative estimate of drug-likeness (QED) is 0.500. The van der Waals surface area contributed by atoms with Crippen LogP contribution in [-0.2, 0) is 4.79 Å². The molecule has 0 unspecified atom stereocenters. The van der Waals surface area contributed by atoms with Gasteiger partial charge in [0.1, 0.15) is 0 Å². The molecule has 0 radical (unpaired) electrons. The first-order valence-electron chi connectivity index (χ1n) is 10.5. The van der Waals surface area contributed by atoms with E-state index < -0.39 is 0 Å². The Morgan fingerprint density at radius 3 is 1.86 bits per heavy atom. The number of amides is 1. The monoisotopic (exact) mass is 371 g/mol. The van der Waals surface area contributed by atoms with Crippen LogP contribution in [0.2, 0.25) is 0 Å². The Kier molecular flexibility index (Phi) is 3.47. The highest BCUT2D eigenvalue weighted by Gasteiger charge is 2.54. The maximum Gasteiger partial charge on any atom is 0.244 e. The molecular formula is C24H25N3O. The van der Waals surface area contributed by atoms with E-state index in [2.05, 4.69) is 23.0 Å². The number of nitrogens with zero attached hydrogens (tertiary/aromatic N) is 1. The Bertz CT molecular complexity index is 1000. The van der Waals surface area contributed by atoms with Gasteiger partial charge in [0, 0.05) is 10.8 Å². The summed E-state index contributed by atoms with van der Waals surface area (Å²) in [7, 11) is 0. The van der Waals surface area contributed by atoms with Crippen molar-refractivity contribution in [2.24, 2.45) is 23.2 Å². The summed E-state index contributed by atoms with van der Waals surface area (Å²) in [6.07, 6.45) is 7.26. The summed E-state index contributed by atoms with van der Waals surface area (Å²) >= 11 is 0. The number of benzene rings is 2. The average molecular weight is 371 g/mol. The number of hydrogen-bond acceptors (Lipinski definition) is 3. The number of carbonyl (C=O) groups is 1. The van der Waals surface area contributed by atoms with E-state index in [0.29, 0.717) is 0 Å². The van der Waals surface area contributed by atoms with Crippen molar-refractivity contribution in [3.05, 3.63) is 48.5 Å². The zero-order chi connectivity index (χ0) is 18.7. The van der Waals surface area contributed by atoms with Crippen LogP contribution in [0, 0.1) is 23.2 Å². The van der Waals surface area contributed by atoms with Crippen molar-refractivity contribution >= 4 is 33.4 Å². The fourth-order valence-corrected chi connectivity index (χ4v) is 6.62. The van der Waals surface area contributed by atoms with Crippen LogP contribution in [0.3, 0.4) is 0 Å². The molecular weight excluding hydrogens is 346 g/mol. The maximum atomic E-state index is 13.4. The lowest BCUT2D eigenvalue weighted by Crippen LogP contribution is -2.54. The van der Waals surface area contributed by atoms with Crippen LogP contribution in [0.25, 0.3) is 21.8 Å². The second kappa shape index (κ2) is 5.94. The number of fused-ring (bicyclic) bond motifs is 2. The molecule has 4 nitrogen and oxygen atoms in total. The number of para-hydroxylation sites is 2. The van der Waals surface area contributed by atoms with Gasteiger partial charge in [-0.1, -0.05) is 36.4 Å². The van der Waals surface area contributed by atoms with Crippen molar-refractivity contribution in [2.75, 3.05) is 5.43 Å². The summed E-state index contributed by atoms with van der Waals surface area (Å²) in [5.74, 6) is 2.48. The Morgan fingerprint density at radius 2 is 1.32 bits per heavy atom. The van der Waals surface area contributed by atoms with Crippen LogP contribution in [0.5, 0.6) is 0 Å². The van der Waals surface area contributed by atoms with Gasteiger partial charge in [-0.25, -0.2) is 4.98 Å². The van der Waals surface area contributed by atoms with Crippen LogP contribution in [0.15, 0.2) is 48.5 Å². The first-order chi connectivity index (χ1) is 13.7. The Morgan fingerprint density at radius 1 is 0.821 bits per heavy atom. The fourth-order valence-electron chi connectivity index (χ4n) is 6.62. The first kappa shape index (κ1) is 16.3. The molecule has 4 fully saturated rings. The molecule has 4 saturated carbocycles. The fraction of sp³-hybridized carbons (Fsp3) is 0.417. The van der Waals surface area contributed by atoms with Crippen molar-refractivity contribution in [2.45, 2.75) is 38.5 Å². The van der Waals surface area contributed by atoms with E-state index in [4.69, 9.17) is 4.98 Å². The Labute approximate surface area is 164 Å². The highest BCUT2D eigenvalue weighted by atomic mass is 16.2. The lowest BCUT2D eigenvalue weighted by molar-refractivity contribution is -0.145. The van der Waals surface area contributed by atoms with Gasteiger partial charge in [0.05, 0.1) is 22.1 Å². The molecule has 7 rings (SSSR count). The molecule has 142 valence electrons. The van der Waals surface area contributed by atoms with Gasteiger partial charge in [0.25, 0.3) is 0 Å². The molecule has 28 heavy (non-hydrogen) atoms. The minimum absolute atomic E-state index is 0.152. The molecule has 0 saturated heterocycles. The van der Waals surface area contributed by atoms with Gasteiger partial charge in [-0.05, 0) is 68.4 Å². The van der Waals surface area contributed by atoms with Gasteiger partial charge in [-0.3, -0.25) is 15.6 Å². The molecule has 3 aromatic rings. The molecule has 2 aromatic carbocycles. The number of nitrogens with one attached hydrogen (secondary N) is 2. The summed E-state index contributed by atoms with van der Waals surface area (Å²) in [6.45, 7) is 0. The zero-order valence-corrected chi connectivity index (χ0v) is 15.9. The van der Waals surface area contributed by atoms with Gasteiger partial charge >= 0.3 is 0 Å². The smallest absolute Gasteiger partial charge is 0.244 e. The van der Waals surface area contributed by atoms with Crippen LogP contribution in [0.4, 0.5) is 5.69 Å². The number of aromatic nitrogens is 1. The third kappa shape index (κ3) is 2.43. The number of hydrogen-bond donors (Lipinski definition) is 2. The minimum Gasteiger partial charge on any atom is -0.297 e. The summed E-state index contributed by atoms with van der Waals surface area (Å²) in [5, 5.41) is 2.07. The Balaban J connectivity index is 1.34. The zero-order valence-electron chi connectivity index (χ0n) is 15.9. The van der Waals surface area contributed by atoms with Crippen LogP contribution >= 0.6 is 0 Å². The third-order valence-electron chi connectivity index (χ3n) is 7.41. The topological polar surface area (TPSA) is 54.0 Å². The van der Waals surface area contributed by atoms with Gasteiger partial charge in [0.15, 0.2) is 0 Å². The van der Waals surface area contributed by atoms with E-state index in [1.165, 1.54) is 19.3 Å². The number of hydrazine groups is 1. The van der Waals surface area contributed by atoms with E-state index in [9.17, 15) is 4.79 Å². The molecule has 4 heteroatoms. The minimum atomic E-state index is -0.152. The second-order valence-electron chi connectivity index (χ2n) is 9.30. The van der Waals surface area contributed by atoms with E-state index >= 15 is 0 Å². The van der Waals surface area contributed by atoms with Crippen LogP contribution < -0.4 is 10.9 Å².